The Bertz CT molecular complexity index is 141. The summed E-state index contributed by atoms with van der Waals surface area (Å²) >= 11 is 8.31. The molecule has 0 saturated heterocycles. The predicted octanol–water partition coefficient (Wildman–Crippen LogP) is 1.83. The van der Waals surface area contributed by atoms with Crippen molar-refractivity contribution in [1.82, 2.24) is 9.59 Å². The van der Waals surface area contributed by atoms with Gasteiger partial charge in [0.1, 0.15) is 4.21 Å². The first-order valence-corrected chi connectivity index (χ1v) is 4.19. The molecule has 0 aliphatic carbocycles. The predicted molar refractivity (Wildman–Crippen MR) is 36.5 cm³/mol. The maximum absolute atomic E-state index is 5.41. The van der Waals surface area contributed by atoms with Crippen LogP contribution in [0.2, 0.25) is 0 Å². The number of aromatic nitrogens is 2. The number of nitrogens with zero attached hydrogens (tertiary/aromatic N) is 2. The van der Waals surface area contributed by atoms with Crippen LogP contribution in [-0.2, 0) is 0 Å². The molecule has 1 aromatic rings. The van der Waals surface area contributed by atoms with Gasteiger partial charge in [0, 0.05) is 0 Å². The van der Waals surface area contributed by atoms with Gasteiger partial charge in [-0.2, -0.15) is 0 Å². The number of rotatable bonds is 2. The van der Waals surface area contributed by atoms with Crippen molar-refractivity contribution in [2.24, 2.45) is 0 Å². The van der Waals surface area contributed by atoms with Crippen LogP contribution in [0, 0.1) is 0 Å². The molecule has 0 spiro atoms. The Kier molecular flexibility index (Phi) is 2.58. The summed E-state index contributed by atoms with van der Waals surface area (Å²) in [5.74, 6) is 0. The molecule has 0 saturated carbocycles. The molecule has 1 aromatic heterocycles. The van der Waals surface area contributed by atoms with Gasteiger partial charge in [0.2, 0.25) is 0 Å². The zero-order chi connectivity index (χ0) is 5.82. The largest absolute Gasteiger partial charge is 0.145 e. The van der Waals surface area contributed by atoms with Gasteiger partial charge in [-0.05, 0) is 11.5 Å². The maximum Gasteiger partial charge on any atom is 0.102 e. The third kappa shape index (κ3) is 1.61. The molecule has 0 aliphatic rings. The van der Waals surface area contributed by atoms with E-state index in [0.29, 0.717) is 5.21 Å². The summed E-state index contributed by atoms with van der Waals surface area (Å²) in [5, 5.41) is 4.20. The highest BCUT2D eigenvalue weighted by atomic mass is 35.5. The Morgan fingerprint density at radius 1 is 1.88 bits per heavy atom. The number of hydrogen-bond acceptors (Lipinski definition) is 4. The summed E-state index contributed by atoms with van der Waals surface area (Å²) in [5.41, 5.74) is 0. The van der Waals surface area contributed by atoms with E-state index < -0.39 is 0 Å². The summed E-state index contributed by atoms with van der Waals surface area (Å²) in [6.07, 6.45) is 1.71. The molecule has 0 atom stereocenters. The first-order valence-electron chi connectivity index (χ1n) is 1.89. The SMILES string of the molecule is ClCSc1cnns1. The number of halogens is 1. The summed E-state index contributed by atoms with van der Waals surface area (Å²) in [4.78, 5) is 0. The lowest BCUT2D eigenvalue weighted by molar-refractivity contribution is 1.15. The van der Waals surface area contributed by atoms with Crippen molar-refractivity contribution in [2.45, 2.75) is 4.21 Å². The lowest BCUT2D eigenvalue weighted by Gasteiger charge is -1.81. The van der Waals surface area contributed by atoms with Crippen LogP contribution in [0.25, 0.3) is 0 Å². The molecule has 1 rings (SSSR count). The van der Waals surface area contributed by atoms with E-state index >= 15 is 0 Å². The van der Waals surface area contributed by atoms with Crippen molar-refractivity contribution in [2.75, 3.05) is 5.21 Å². The Labute approximate surface area is 60.4 Å². The number of alkyl halides is 1. The fraction of sp³-hybridized carbons (Fsp3) is 0.333. The molecule has 0 unspecified atom stereocenters. The van der Waals surface area contributed by atoms with Crippen molar-refractivity contribution in [3.8, 4) is 0 Å². The van der Waals surface area contributed by atoms with E-state index in [0.717, 1.165) is 4.21 Å². The Morgan fingerprint density at radius 3 is 3.25 bits per heavy atom. The van der Waals surface area contributed by atoms with Gasteiger partial charge in [0.05, 0.1) is 11.4 Å². The molecular weight excluding hydrogens is 164 g/mol. The smallest absolute Gasteiger partial charge is 0.102 e. The molecule has 0 aliphatic heterocycles. The van der Waals surface area contributed by atoms with Crippen molar-refractivity contribution >= 4 is 34.9 Å². The average molecular weight is 167 g/mol. The molecule has 44 valence electrons. The molecule has 2 nitrogen and oxygen atoms in total. The van der Waals surface area contributed by atoms with E-state index in [4.69, 9.17) is 11.6 Å². The van der Waals surface area contributed by atoms with Crippen LogP contribution in [-0.4, -0.2) is 14.8 Å². The number of thioether (sulfide) groups is 1. The molecule has 5 heteroatoms. The minimum atomic E-state index is 0.573. The highest BCUT2D eigenvalue weighted by Crippen LogP contribution is 2.20. The first-order chi connectivity index (χ1) is 3.93. The van der Waals surface area contributed by atoms with Crippen LogP contribution in [0.5, 0.6) is 0 Å². The maximum atomic E-state index is 5.41. The van der Waals surface area contributed by atoms with Gasteiger partial charge in [-0.1, -0.05) is 16.3 Å². The van der Waals surface area contributed by atoms with Gasteiger partial charge in [0.25, 0.3) is 0 Å². The summed E-state index contributed by atoms with van der Waals surface area (Å²) in [7, 11) is 0. The number of hydrogen-bond donors (Lipinski definition) is 0. The monoisotopic (exact) mass is 166 g/mol. The van der Waals surface area contributed by atoms with Crippen LogP contribution in [0.1, 0.15) is 0 Å². The molecule has 0 aromatic carbocycles. The third-order valence-electron chi connectivity index (χ3n) is 0.538. The van der Waals surface area contributed by atoms with E-state index in [1.54, 1.807) is 18.0 Å². The van der Waals surface area contributed by atoms with Crippen LogP contribution in [0.15, 0.2) is 10.4 Å². The van der Waals surface area contributed by atoms with E-state index in [1.165, 1.54) is 11.5 Å². The molecule has 1 heterocycles. The van der Waals surface area contributed by atoms with Crippen molar-refractivity contribution in [3.05, 3.63) is 6.20 Å². The molecule has 0 N–H and O–H groups in total. The Morgan fingerprint density at radius 2 is 2.75 bits per heavy atom. The second-order valence-electron chi connectivity index (χ2n) is 0.990. The Balaban J connectivity index is 2.50. The fourth-order valence-electron chi connectivity index (χ4n) is 0.275. The van der Waals surface area contributed by atoms with Crippen LogP contribution in [0.4, 0.5) is 0 Å². The molecule has 0 fully saturated rings. The summed E-state index contributed by atoms with van der Waals surface area (Å²) < 4.78 is 4.72. The van der Waals surface area contributed by atoms with Gasteiger partial charge in [-0.15, -0.1) is 16.7 Å². The van der Waals surface area contributed by atoms with Gasteiger partial charge >= 0.3 is 0 Å². The topological polar surface area (TPSA) is 25.8 Å². The average Bonchev–Trinajstić information content (AvgIpc) is 2.19. The van der Waals surface area contributed by atoms with Crippen LogP contribution >= 0.6 is 34.9 Å². The molecule has 0 radical (unpaired) electrons. The van der Waals surface area contributed by atoms with Gasteiger partial charge in [-0.3, -0.25) is 0 Å². The third-order valence-corrected chi connectivity index (χ3v) is 2.40. The highest BCUT2D eigenvalue weighted by molar-refractivity contribution is 8.02. The summed E-state index contributed by atoms with van der Waals surface area (Å²) in [6, 6.07) is 0. The highest BCUT2D eigenvalue weighted by Gasteiger charge is 1.91. The Hall–Kier alpha value is 0.200. The lowest BCUT2D eigenvalue weighted by atomic mass is 11.0. The van der Waals surface area contributed by atoms with Gasteiger partial charge in [0.15, 0.2) is 0 Å². The second kappa shape index (κ2) is 3.27. The van der Waals surface area contributed by atoms with E-state index in [9.17, 15) is 0 Å². The lowest BCUT2D eigenvalue weighted by Crippen LogP contribution is -1.57. The fourth-order valence-corrected chi connectivity index (χ4v) is 1.81. The molecule has 0 bridgehead atoms. The molecule has 8 heavy (non-hydrogen) atoms. The van der Waals surface area contributed by atoms with Gasteiger partial charge < -0.3 is 0 Å². The van der Waals surface area contributed by atoms with Crippen LogP contribution in [0.3, 0.4) is 0 Å². The van der Waals surface area contributed by atoms with E-state index in [-0.39, 0.29) is 0 Å². The van der Waals surface area contributed by atoms with Crippen molar-refractivity contribution < 1.29 is 0 Å². The van der Waals surface area contributed by atoms with Crippen LogP contribution < -0.4 is 0 Å². The zero-order valence-electron chi connectivity index (χ0n) is 3.87. The normalized spacial score (nSPS) is 9.62. The molecular formula is C3H3ClN2S2. The van der Waals surface area contributed by atoms with E-state index in [2.05, 4.69) is 9.59 Å². The van der Waals surface area contributed by atoms with Crippen molar-refractivity contribution in [3.63, 3.8) is 0 Å². The van der Waals surface area contributed by atoms with E-state index in [1.807, 2.05) is 0 Å². The van der Waals surface area contributed by atoms with Crippen molar-refractivity contribution in [1.29, 1.82) is 0 Å². The minimum Gasteiger partial charge on any atom is -0.145 e. The minimum absolute atomic E-state index is 0.573. The summed E-state index contributed by atoms with van der Waals surface area (Å²) in [6.45, 7) is 0. The standard InChI is InChI=1S/C3H3ClN2S2/c4-2-7-3-1-5-6-8-3/h1H,2H2. The quantitative estimate of drug-likeness (QED) is 0.495. The second-order valence-corrected chi connectivity index (χ2v) is 3.64. The molecule has 0 amide bonds. The zero-order valence-corrected chi connectivity index (χ0v) is 6.26. The van der Waals surface area contributed by atoms with Gasteiger partial charge in [-0.25, -0.2) is 0 Å². The first kappa shape index (κ1) is 6.32.